The number of amides is 4. The van der Waals surface area contributed by atoms with Crippen molar-refractivity contribution in [1.29, 1.82) is 0 Å². The molecule has 8 nitrogen and oxygen atoms in total. The van der Waals surface area contributed by atoms with Crippen LogP contribution in [0.15, 0.2) is 109 Å². The standard InChI is InChI=1S/C41H33ClFN3O5/c1-3-23-7-17-28(18-8-23)45-37(48)30-20-19-29-32(34(30)39(45)50)21-33-38(49)46(44-27-15-13-26(43)14-16-27)40(51)41(33,24-9-11-25(42)12-10-24)35(29)31-6-4-5-22(2)36(31)47/h3-19,30,32-35,44,47H,1,20-21H2,2H3. The second-order valence-corrected chi connectivity index (χ2v) is 14.1. The highest BCUT2D eigenvalue weighted by Crippen LogP contribution is 2.65. The summed E-state index contributed by atoms with van der Waals surface area (Å²) in [6, 6.07) is 24.4. The van der Waals surface area contributed by atoms with E-state index in [0.29, 0.717) is 33.1 Å². The van der Waals surface area contributed by atoms with Crippen molar-refractivity contribution in [1.82, 2.24) is 5.01 Å². The Bertz CT molecular complexity index is 2170. The van der Waals surface area contributed by atoms with Crippen molar-refractivity contribution in [3.63, 3.8) is 0 Å². The third-order valence-corrected chi connectivity index (χ3v) is 11.5. The number of benzene rings is 4. The lowest BCUT2D eigenvalue weighted by atomic mass is 9.49. The largest absolute Gasteiger partial charge is 0.507 e. The van der Waals surface area contributed by atoms with Gasteiger partial charge in [0.05, 0.1) is 34.5 Å². The Kier molecular flexibility index (Phi) is 7.72. The number of aromatic hydroxyl groups is 1. The van der Waals surface area contributed by atoms with Crippen LogP contribution in [0.2, 0.25) is 5.02 Å². The zero-order chi connectivity index (χ0) is 35.8. The van der Waals surface area contributed by atoms with Crippen LogP contribution >= 0.6 is 11.6 Å². The van der Waals surface area contributed by atoms with Crippen LogP contribution in [0, 0.1) is 36.4 Å². The molecule has 51 heavy (non-hydrogen) atoms. The van der Waals surface area contributed by atoms with Crippen molar-refractivity contribution in [2.75, 3.05) is 10.3 Å². The molecule has 4 aliphatic rings. The summed E-state index contributed by atoms with van der Waals surface area (Å²) >= 11 is 6.35. The topological polar surface area (TPSA) is 107 Å². The maximum absolute atomic E-state index is 15.2. The van der Waals surface area contributed by atoms with Crippen LogP contribution in [0.1, 0.15) is 41.0 Å². The lowest BCUT2D eigenvalue weighted by Gasteiger charge is -2.50. The van der Waals surface area contributed by atoms with Crippen LogP contribution in [-0.2, 0) is 24.6 Å². The molecule has 0 bridgehead atoms. The van der Waals surface area contributed by atoms with Crippen LogP contribution in [0.3, 0.4) is 0 Å². The Balaban J connectivity index is 1.32. The van der Waals surface area contributed by atoms with Crippen molar-refractivity contribution in [2.45, 2.75) is 31.1 Å². The number of carbonyl (C=O) groups is 4. The number of allylic oxidation sites excluding steroid dienone is 2. The van der Waals surface area contributed by atoms with E-state index in [9.17, 15) is 23.9 Å². The van der Waals surface area contributed by atoms with E-state index < -0.39 is 52.6 Å². The molecule has 0 spiro atoms. The highest BCUT2D eigenvalue weighted by molar-refractivity contribution is 6.30. The molecule has 4 aromatic rings. The molecule has 0 aromatic heterocycles. The minimum Gasteiger partial charge on any atom is -0.507 e. The van der Waals surface area contributed by atoms with Gasteiger partial charge in [-0.2, -0.15) is 5.01 Å². The minimum atomic E-state index is -1.58. The van der Waals surface area contributed by atoms with Crippen LogP contribution in [-0.4, -0.2) is 33.7 Å². The first-order valence-electron chi connectivity index (χ1n) is 16.8. The number of hydrazine groups is 1. The smallest absolute Gasteiger partial charge is 0.260 e. The van der Waals surface area contributed by atoms with Gasteiger partial charge < -0.3 is 5.11 Å². The fourth-order valence-electron chi connectivity index (χ4n) is 8.93. The fourth-order valence-corrected chi connectivity index (χ4v) is 9.05. The maximum Gasteiger partial charge on any atom is 0.260 e. The lowest BCUT2D eigenvalue weighted by molar-refractivity contribution is -0.138. The van der Waals surface area contributed by atoms with Crippen LogP contribution in [0.5, 0.6) is 5.75 Å². The van der Waals surface area contributed by atoms with Crippen molar-refractivity contribution < 1.29 is 28.7 Å². The lowest BCUT2D eigenvalue weighted by Crippen LogP contribution is -2.53. The number of anilines is 2. The van der Waals surface area contributed by atoms with Gasteiger partial charge >= 0.3 is 0 Å². The summed E-state index contributed by atoms with van der Waals surface area (Å²) in [4.78, 5) is 59.7. The molecule has 4 aromatic carbocycles. The zero-order valence-electron chi connectivity index (χ0n) is 27.6. The molecule has 2 aliphatic heterocycles. The Hall–Kier alpha value is -5.54. The predicted octanol–water partition coefficient (Wildman–Crippen LogP) is 7.33. The molecular weight excluding hydrogens is 669 g/mol. The van der Waals surface area contributed by atoms with E-state index >= 15 is 4.79 Å². The van der Waals surface area contributed by atoms with Crippen molar-refractivity contribution in [3.8, 4) is 5.75 Å². The number of halogens is 2. The molecule has 4 amide bonds. The van der Waals surface area contributed by atoms with Gasteiger partial charge in [-0.25, -0.2) is 4.39 Å². The molecule has 8 rings (SSSR count). The van der Waals surface area contributed by atoms with Crippen LogP contribution < -0.4 is 10.3 Å². The van der Waals surface area contributed by atoms with E-state index in [4.69, 9.17) is 11.6 Å². The molecule has 256 valence electrons. The Morgan fingerprint density at radius 2 is 1.61 bits per heavy atom. The molecule has 6 atom stereocenters. The maximum atomic E-state index is 15.2. The molecule has 2 aliphatic carbocycles. The molecular formula is C41H33ClFN3O5. The number of imide groups is 2. The summed E-state index contributed by atoms with van der Waals surface area (Å²) < 4.78 is 13.9. The van der Waals surface area contributed by atoms with Gasteiger partial charge in [-0.05, 0) is 90.9 Å². The number of phenolic OH excluding ortho intramolecular Hbond substituents is 1. The fraction of sp³-hybridized carbons (Fsp3) is 0.220. The van der Waals surface area contributed by atoms with E-state index in [1.54, 1.807) is 79.7 Å². The highest BCUT2D eigenvalue weighted by Gasteiger charge is 2.70. The second-order valence-electron chi connectivity index (χ2n) is 13.7. The Morgan fingerprint density at radius 1 is 0.902 bits per heavy atom. The normalized spacial score (nSPS) is 26.8. The molecule has 1 saturated carbocycles. The van der Waals surface area contributed by atoms with Gasteiger partial charge in [0, 0.05) is 16.5 Å². The van der Waals surface area contributed by atoms with Crippen LogP contribution in [0.4, 0.5) is 15.8 Å². The first-order chi connectivity index (χ1) is 24.6. The quantitative estimate of drug-likeness (QED) is 0.161. The van der Waals surface area contributed by atoms with Gasteiger partial charge in [-0.1, -0.05) is 78.4 Å². The predicted molar refractivity (Wildman–Crippen MR) is 191 cm³/mol. The SMILES string of the molecule is C=Cc1ccc(N2C(=O)C3CC=C4C(CC5C(=O)N(Nc6ccc(F)cc6)C(=O)C5(c5ccc(Cl)cc5)C4c4cccc(C)c4O)C3C2=O)cc1. The third kappa shape index (κ3) is 4.78. The summed E-state index contributed by atoms with van der Waals surface area (Å²) in [5.74, 6) is -6.26. The second kappa shape index (κ2) is 12.1. The first-order valence-corrected chi connectivity index (χ1v) is 17.2. The minimum absolute atomic E-state index is 0.0267. The summed E-state index contributed by atoms with van der Waals surface area (Å²) in [5, 5.41) is 13.1. The number of hydrogen-bond donors (Lipinski definition) is 2. The molecule has 6 unspecified atom stereocenters. The van der Waals surface area contributed by atoms with Crippen molar-refractivity contribution in [3.05, 3.63) is 142 Å². The number of rotatable bonds is 6. The number of aryl methyl sites for hydroxylation is 1. The zero-order valence-corrected chi connectivity index (χ0v) is 28.3. The van der Waals surface area contributed by atoms with Crippen LogP contribution in [0.25, 0.3) is 6.08 Å². The Labute approximate surface area is 298 Å². The van der Waals surface area contributed by atoms with Gasteiger partial charge in [0.25, 0.3) is 11.8 Å². The van der Waals surface area contributed by atoms with Crippen molar-refractivity contribution >= 4 is 52.7 Å². The number of para-hydroxylation sites is 1. The average Bonchev–Trinajstić information content (AvgIpc) is 3.51. The van der Waals surface area contributed by atoms with Gasteiger partial charge in [0.1, 0.15) is 11.6 Å². The molecule has 10 heteroatoms. The Morgan fingerprint density at radius 3 is 2.29 bits per heavy atom. The van der Waals surface area contributed by atoms with E-state index in [2.05, 4.69) is 12.0 Å². The number of nitrogens with zero attached hydrogens (tertiary/aromatic N) is 2. The van der Waals surface area contributed by atoms with Gasteiger partial charge in [-0.3, -0.25) is 29.5 Å². The van der Waals surface area contributed by atoms with E-state index in [1.165, 1.54) is 29.2 Å². The van der Waals surface area contributed by atoms with E-state index in [1.807, 2.05) is 6.08 Å². The van der Waals surface area contributed by atoms with Gasteiger partial charge in [0.15, 0.2) is 0 Å². The van der Waals surface area contributed by atoms with Crippen molar-refractivity contribution in [2.24, 2.45) is 23.7 Å². The number of carbonyl (C=O) groups excluding carboxylic acids is 4. The highest BCUT2D eigenvalue weighted by atomic mass is 35.5. The number of phenols is 1. The number of nitrogens with one attached hydrogen (secondary N) is 1. The molecule has 0 radical (unpaired) electrons. The first kappa shape index (κ1) is 32.7. The van der Waals surface area contributed by atoms with E-state index in [0.717, 1.165) is 16.1 Å². The number of hydrogen-bond acceptors (Lipinski definition) is 6. The monoisotopic (exact) mass is 701 g/mol. The molecule has 2 N–H and O–H groups in total. The van der Waals surface area contributed by atoms with Gasteiger partial charge in [0.2, 0.25) is 11.8 Å². The summed E-state index contributed by atoms with van der Waals surface area (Å²) in [7, 11) is 0. The summed E-state index contributed by atoms with van der Waals surface area (Å²) in [6.45, 7) is 5.54. The van der Waals surface area contributed by atoms with Gasteiger partial charge in [-0.15, -0.1) is 0 Å². The molecule has 3 fully saturated rings. The number of fused-ring (bicyclic) bond motifs is 4. The average molecular weight is 702 g/mol. The summed E-state index contributed by atoms with van der Waals surface area (Å²) in [5.41, 5.74) is 5.21. The summed E-state index contributed by atoms with van der Waals surface area (Å²) in [6.07, 6.45) is 3.95. The van der Waals surface area contributed by atoms with E-state index in [-0.39, 0.29) is 30.4 Å². The molecule has 2 saturated heterocycles. The third-order valence-electron chi connectivity index (χ3n) is 11.2. The molecule has 2 heterocycles.